The number of nitrogens with zero attached hydrogens (tertiary/aromatic N) is 2. The first-order valence-corrected chi connectivity index (χ1v) is 9.44. The molecule has 0 saturated carbocycles. The number of rotatable bonds is 4. The predicted octanol–water partition coefficient (Wildman–Crippen LogP) is 2.30. The average Bonchev–Trinajstić information content (AvgIpc) is 2.95. The highest BCUT2D eigenvalue weighted by Crippen LogP contribution is 2.33. The van der Waals surface area contributed by atoms with Crippen LogP contribution in [0.25, 0.3) is 21.6 Å². The minimum Gasteiger partial charge on any atom is -0.449 e. The Morgan fingerprint density at radius 1 is 1.14 bits per heavy atom. The summed E-state index contributed by atoms with van der Waals surface area (Å²) in [5.41, 5.74) is 13.0. The fraction of sp³-hybridized carbons (Fsp3) is 0.211. The fourth-order valence-corrected chi connectivity index (χ4v) is 3.71. The zero-order valence-corrected chi connectivity index (χ0v) is 16.8. The van der Waals surface area contributed by atoms with E-state index in [1.807, 2.05) is 19.2 Å². The molecule has 3 rings (SSSR count). The van der Waals surface area contributed by atoms with Crippen molar-refractivity contribution in [2.75, 3.05) is 5.73 Å². The lowest BCUT2D eigenvalue weighted by Gasteiger charge is -2.12. The van der Waals surface area contributed by atoms with Gasteiger partial charge in [-0.05, 0) is 38.5 Å². The first-order chi connectivity index (χ1) is 13.7. The van der Waals surface area contributed by atoms with Crippen LogP contribution < -0.4 is 16.8 Å². The van der Waals surface area contributed by atoms with Crippen LogP contribution in [0.2, 0.25) is 0 Å². The third-order valence-electron chi connectivity index (χ3n) is 4.33. The number of urea groups is 1. The van der Waals surface area contributed by atoms with E-state index >= 15 is 0 Å². The fourth-order valence-electron chi connectivity index (χ4n) is 2.67. The Kier molecular flexibility index (Phi) is 5.46. The Bertz CT molecular complexity index is 1120. The second-order valence-electron chi connectivity index (χ2n) is 6.37. The molecule has 5 N–H and O–H groups in total. The van der Waals surface area contributed by atoms with Crippen LogP contribution in [0.15, 0.2) is 24.3 Å². The molecule has 3 amide bonds. The number of fused-ring (bicyclic) bond motifs is 1. The van der Waals surface area contributed by atoms with Gasteiger partial charge in [-0.15, -0.1) is 11.3 Å². The van der Waals surface area contributed by atoms with Gasteiger partial charge in [-0.1, -0.05) is 12.1 Å². The van der Waals surface area contributed by atoms with E-state index in [1.54, 1.807) is 23.5 Å². The van der Waals surface area contributed by atoms with Crippen LogP contribution in [0, 0.1) is 13.8 Å². The molecule has 0 aliphatic rings. The number of nitrogen functional groups attached to an aromatic ring is 1. The van der Waals surface area contributed by atoms with Crippen molar-refractivity contribution in [3.63, 3.8) is 0 Å². The summed E-state index contributed by atoms with van der Waals surface area (Å²) in [6, 6.07) is 5.38. The maximum absolute atomic E-state index is 12.2. The summed E-state index contributed by atoms with van der Waals surface area (Å²) in [5, 5.41) is 2.71. The van der Waals surface area contributed by atoms with E-state index in [-0.39, 0.29) is 5.56 Å². The van der Waals surface area contributed by atoms with E-state index < -0.39 is 24.0 Å². The normalized spacial score (nSPS) is 11.8. The van der Waals surface area contributed by atoms with Gasteiger partial charge in [0.1, 0.15) is 10.6 Å². The summed E-state index contributed by atoms with van der Waals surface area (Å²) in [4.78, 5) is 45.4. The molecule has 0 aliphatic carbocycles. The average molecular weight is 413 g/mol. The van der Waals surface area contributed by atoms with E-state index in [0.29, 0.717) is 17.2 Å². The molecule has 0 fully saturated rings. The summed E-state index contributed by atoms with van der Waals surface area (Å²) in [5.74, 6) is -0.666. The molecule has 0 radical (unpaired) electrons. The Hall–Kier alpha value is -3.53. The number of nitrogens with one attached hydrogen (secondary N) is 1. The molecule has 3 aromatic rings. The number of ether oxygens (including phenoxy) is 1. The molecule has 2 aromatic heterocycles. The van der Waals surface area contributed by atoms with Crippen LogP contribution >= 0.6 is 11.3 Å². The molecule has 0 spiro atoms. The van der Waals surface area contributed by atoms with Crippen molar-refractivity contribution >= 4 is 45.3 Å². The molecule has 1 aromatic carbocycles. The molecule has 0 aliphatic heterocycles. The van der Waals surface area contributed by atoms with Gasteiger partial charge in [0.15, 0.2) is 11.9 Å². The predicted molar refractivity (Wildman–Crippen MR) is 109 cm³/mol. The van der Waals surface area contributed by atoms with E-state index in [4.69, 9.17) is 16.2 Å². The van der Waals surface area contributed by atoms with Crippen LogP contribution in [0.5, 0.6) is 0 Å². The van der Waals surface area contributed by atoms with Gasteiger partial charge in [-0.2, -0.15) is 0 Å². The van der Waals surface area contributed by atoms with Gasteiger partial charge < -0.3 is 16.2 Å². The number of carbonyl (C=O) groups is 3. The molecular weight excluding hydrogens is 394 g/mol. The number of hydrogen-bond acceptors (Lipinski definition) is 8. The van der Waals surface area contributed by atoms with E-state index in [0.717, 1.165) is 20.7 Å². The minimum atomic E-state index is -1.18. The van der Waals surface area contributed by atoms with Crippen molar-refractivity contribution in [1.29, 1.82) is 0 Å². The minimum absolute atomic E-state index is 0.226. The number of amides is 3. The van der Waals surface area contributed by atoms with Crippen molar-refractivity contribution in [1.82, 2.24) is 15.3 Å². The first kappa shape index (κ1) is 20.2. The van der Waals surface area contributed by atoms with Crippen LogP contribution in [0.1, 0.15) is 27.7 Å². The van der Waals surface area contributed by atoms with Gasteiger partial charge in [0.25, 0.3) is 5.91 Å². The number of esters is 1. The molecular formula is C19H19N5O4S. The highest BCUT2D eigenvalue weighted by molar-refractivity contribution is 7.18. The topological polar surface area (TPSA) is 150 Å². The van der Waals surface area contributed by atoms with Crippen molar-refractivity contribution in [3.8, 4) is 11.4 Å². The number of primary amides is 1. The summed E-state index contributed by atoms with van der Waals surface area (Å²) >= 11 is 1.55. The quantitative estimate of drug-likeness (QED) is 0.555. The van der Waals surface area contributed by atoms with Crippen molar-refractivity contribution in [3.05, 3.63) is 40.3 Å². The standard InChI is InChI=1S/C19H19N5O4S/c1-8-10(3)29-17-13(8)14(20)22-15(23-17)11-4-6-12(7-5-11)18(26)28-9(2)16(25)24-19(21)27/h4-7,9H,1-3H3,(H2,20,22,23)(H3,21,24,25,27)/t9-/m0/s1. The van der Waals surface area contributed by atoms with Gasteiger partial charge >= 0.3 is 12.0 Å². The second-order valence-corrected chi connectivity index (χ2v) is 7.58. The molecule has 10 heteroatoms. The number of carbonyl (C=O) groups excluding carboxylic acids is 3. The Labute approximate surface area is 170 Å². The molecule has 2 heterocycles. The number of anilines is 1. The summed E-state index contributed by atoms with van der Waals surface area (Å²) < 4.78 is 5.03. The van der Waals surface area contributed by atoms with Crippen LogP contribution in [0.4, 0.5) is 10.6 Å². The number of hydrogen-bond donors (Lipinski definition) is 3. The number of benzene rings is 1. The van der Waals surface area contributed by atoms with E-state index in [9.17, 15) is 14.4 Å². The number of imide groups is 1. The van der Waals surface area contributed by atoms with Crippen molar-refractivity contribution in [2.24, 2.45) is 5.73 Å². The number of aryl methyl sites for hydroxylation is 2. The third kappa shape index (κ3) is 4.16. The van der Waals surface area contributed by atoms with E-state index in [1.165, 1.54) is 19.1 Å². The maximum atomic E-state index is 12.2. The number of thiophene rings is 1. The zero-order valence-electron chi connectivity index (χ0n) is 16.0. The smallest absolute Gasteiger partial charge is 0.338 e. The lowest BCUT2D eigenvalue weighted by Crippen LogP contribution is -2.42. The third-order valence-corrected chi connectivity index (χ3v) is 5.44. The lowest BCUT2D eigenvalue weighted by atomic mass is 10.1. The van der Waals surface area contributed by atoms with Crippen molar-refractivity contribution < 1.29 is 19.1 Å². The SMILES string of the molecule is Cc1sc2nc(-c3ccc(C(=O)O[C@@H](C)C(=O)NC(N)=O)cc3)nc(N)c2c1C. The Morgan fingerprint density at radius 2 is 1.79 bits per heavy atom. The van der Waals surface area contributed by atoms with Gasteiger partial charge in [0.2, 0.25) is 0 Å². The molecule has 1 atom stereocenters. The lowest BCUT2D eigenvalue weighted by molar-refractivity contribution is -0.127. The number of nitrogens with two attached hydrogens (primary N) is 2. The van der Waals surface area contributed by atoms with Crippen LogP contribution in [-0.4, -0.2) is 34.0 Å². The van der Waals surface area contributed by atoms with Gasteiger partial charge in [0, 0.05) is 10.4 Å². The van der Waals surface area contributed by atoms with Crippen LogP contribution in [-0.2, 0) is 9.53 Å². The highest BCUT2D eigenvalue weighted by Gasteiger charge is 2.20. The zero-order chi connectivity index (χ0) is 21.3. The maximum Gasteiger partial charge on any atom is 0.338 e. The molecule has 29 heavy (non-hydrogen) atoms. The summed E-state index contributed by atoms with van der Waals surface area (Å²) in [6.07, 6.45) is -1.18. The molecule has 150 valence electrons. The molecule has 0 unspecified atom stereocenters. The highest BCUT2D eigenvalue weighted by atomic mass is 32.1. The monoisotopic (exact) mass is 413 g/mol. The van der Waals surface area contributed by atoms with Crippen molar-refractivity contribution in [2.45, 2.75) is 26.9 Å². The molecule has 0 saturated heterocycles. The van der Waals surface area contributed by atoms with Gasteiger partial charge in [-0.25, -0.2) is 19.6 Å². The van der Waals surface area contributed by atoms with Gasteiger partial charge in [-0.3, -0.25) is 10.1 Å². The Balaban J connectivity index is 1.80. The molecule has 0 bridgehead atoms. The Morgan fingerprint density at radius 3 is 2.41 bits per heavy atom. The number of aromatic nitrogens is 2. The van der Waals surface area contributed by atoms with E-state index in [2.05, 4.69) is 9.97 Å². The molecule has 9 nitrogen and oxygen atoms in total. The second kappa shape index (κ2) is 7.84. The van der Waals surface area contributed by atoms with Crippen LogP contribution in [0.3, 0.4) is 0 Å². The summed E-state index contributed by atoms with van der Waals surface area (Å²) in [6.45, 7) is 5.33. The largest absolute Gasteiger partial charge is 0.449 e. The summed E-state index contributed by atoms with van der Waals surface area (Å²) in [7, 11) is 0. The van der Waals surface area contributed by atoms with Gasteiger partial charge in [0.05, 0.1) is 10.9 Å². The first-order valence-electron chi connectivity index (χ1n) is 8.62.